The van der Waals surface area contributed by atoms with Gasteiger partial charge >= 0.3 is 0 Å². The molecular formula is C20H24N2O4. The molecule has 2 aliphatic rings. The van der Waals surface area contributed by atoms with Crippen LogP contribution in [0.2, 0.25) is 0 Å². The zero-order valence-electron chi connectivity index (χ0n) is 15.4. The molecule has 138 valence electrons. The molecule has 2 aromatic rings. The van der Waals surface area contributed by atoms with E-state index in [2.05, 4.69) is 5.16 Å². The van der Waals surface area contributed by atoms with Crippen LogP contribution in [-0.2, 0) is 11.2 Å². The summed E-state index contributed by atoms with van der Waals surface area (Å²) in [7, 11) is 3.26. The third-order valence-electron chi connectivity index (χ3n) is 5.53. The summed E-state index contributed by atoms with van der Waals surface area (Å²) in [6.07, 6.45) is 3.89. The van der Waals surface area contributed by atoms with Gasteiger partial charge in [0.25, 0.3) is 0 Å². The maximum Gasteiger partial charge on any atom is 0.226 e. The number of benzene rings is 1. The van der Waals surface area contributed by atoms with Crippen LogP contribution in [0.1, 0.15) is 47.9 Å². The van der Waals surface area contributed by atoms with E-state index in [1.165, 1.54) is 0 Å². The molecule has 6 heteroatoms. The van der Waals surface area contributed by atoms with Crippen LogP contribution < -0.4 is 9.47 Å². The average molecular weight is 356 g/mol. The lowest BCUT2D eigenvalue weighted by atomic mass is 9.82. The third-order valence-corrected chi connectivity index (χ3v) is 5.53. The van der Waals surface area contributed by atoms with Crippen LogP contribution in [0, 0.1) is 12.8 Å². The van der Waals surface area contributed by atoms with Crippen LogP contribution in [0.3, 0.4) is 0 Å². The van der Waals surface area contributed by atoms with Crippen molar-refractivity contribution in [3.05, 3.63) is 40.8 Å². The minimum atomic E-state index is -0.271. The number of carbonyl (C=O) groups excluding carboxylic acids is 1. The third kappa shape index (κ3) is 2.73. The van der Waals surface area contributed by atoms with Crippen molar-refractivity contribution in [3.63, 3.8) is 0 Å². The minimum absolute atomic E-state index is 0.142. The number of nitrogens with zero attached hydrogens (tertiary/aromatic N) is 2. The Bertz CT molecular complexity index is 825. The molecule has 2 heterocycles. The highest BCUT2D eigenvalue weighted by Gasteiger charge is 2.39. The standard InChI is InChI=1S/C20H24N2O4/c1-12-9-18(26-21-12)19-15-11-17(25-3)16(24-2)10-14(15)7-8-22(19)20(23)13-5-4-6-13/h9-11,13,19H,4-8H2,1-3H3/t19-/m1/s1. The maximum atomic E-state index is 13.1. The number of rotatable bonds is 4. The topological polar surface area (TPSA) is 64.8 Å². The first-order chi connectivity index (χ1) is 12.6. The molecule has 0 unspecified atom stereocenters. The minimum Gasteiger partial charge on any atom is -0.493 e. The molecule has 1 aliphatic carbocycles. The summed E-state index contributed by atoms with van der Waals surface area (Å²) in [6.45, 7) is 2.56. The van der Waals surface area contributed by atoms with Gasteiger partial charge in [-0.15, -0.1) is 0 Å². The molecule has 1 atom stereocenters. The van der Waals surface area contributed by atoms with E-state index in [4.69, 9.17) is 14.0 Å². The fraction of sp³-hybridized carbons (Fsp3) is 0.500. The Morgan fingerprint density at radius 3 is 2.50 bits per heavy atom. The molecule has 0 spiro atoms. The second-order valence-electron chi connectivity index (χ2n) is 7.09. The zero-order chi connectivity index (χ0) is 18.3. The summed E-state index contributed by atoms with van der Waals surface area (Å²) in [5, 5.41) is 4.04. The number of aromatic nitrogens is 1. The Kier molecular flexibility index (Phi) is 4.34. The number of hydrogen-bond acceptors (Lipinski definition) is 5. The average Bonchev–Trinajstić information content (AvgIpc) is 3.03. The molecular weight excluding hydrogens is 332 g/mol. The van der Waals surface area contributed by atoms with Crippen molar-refractivity contribution in [1.29, 1.82) is 0 Å². The predicted molar refractivity (Wildman–Crippen MR) is 95.4 cm³/mol. The number of aryl methyl sites for hydroxylation is 1. The summed E-state index contributed by atoms with van der Waals surface area (Å²) >= 11 is 0. The summed E-state index contributed by atoms with van der Waals surface area (Å²) < 4.78 is 16.5. The number of fused-ring (bicyclic) bond motifs is 1. The van der Waals surface area contributed by atoms with E-state index in [1.807, 2.05) is 30.0 Å². The molecule has 4 rings (SSSR count). The first-order valence-corrected chi connectivity index (χ1v) is 9.11. The van der Waals surface area contributed by atoms with Crippen molar-refractivity contribution < 1.29 is 18.8 Å². The first-order valence-electron chi connectivity index (χ1n) is 9.11. The Hall–Kier alpha value is -2.50. The molecule has 0 N–H and O–H groups in total. The monoisotopic (exact) mass is 356 g/mol. The molecule has 0 radical (unpaired) electrons. The van der Waals surface area contributed by atoms with Gasteiger partial charge in [-0.05, 0) is 49.4 Å². The molecule has 1 aromatic heterocycles. The second kappa shape index (κ2) is 6.67. The van der Waals surface area contributed by atoms with E-state index in [-0.39, 0.29) is 17.9 Å². The van der Waals surface area contributed by atoms with Crippen molar-refractivity contribution in [2.45, 2.75) is 38.6 Å². The molecule has 1 aliphatic heterocycles. The van der Waals surface area contributed by atoms with E-state index in [0.29, 0.717) is 23.8 Å². The molecule has 0 bridgehead atoms. The summed E-state index contributed by atoms with van der Waals surface area (Å²) in [5.41, 5.74) is 2.99. The number of hydrogen-bond donors (Lipinski definition) is 0. The smallest absolute Gasteiger partial charge is 0.226 e. The Balaban J connectivity index is 1.81. The number of amides is 1. The van der Waals surface area contributed by atoms with Crippen molar-refractivity contribution >= 4 is 5.91 Å². The number of ether oxygens (including phenoxy) is 2. The Morgan fingerprint density at radius 2 is 1.92 bits per heavy atom. The molecule has 1 amide bonds. The molecule has 1 saturated carbocycles. The van der Waals surface area contributed by atoms with Gasteiger partial charge in [0, 0.05) is 18.5 Å². The maximum absolute atomic E-state index is 13.1. The number of methoxy groups -OCH3 is 2. The number of carbonyl (C=O) groups is 1. The Morgan fingerprint density at radius 1 is 1.19 bits per heavy atom. The van der Waals surface area contributed by atoms with Gasteiger partial charge in [-0.1, -0.05) is 11.6 Å². The van der Waals surface area contributed by atoms with Gasteiger partial charge in [0.2, 0.25) is 5.91 Å². The van der Waals surface area contributed by atoms with Crippen molar-refractivity contribution in [2.75, 3.05) is 20.8 Å². The van der Waals surface area contributed by atoms with Crippen LogP contribution in [-0.4, -0.2) is 36.7 Å². The van der Waals surface area contributed by atoms with E-state index in [0.717, 1.165) is 42.5 Å². The summed E-state index contributed by atoms with van der Waals surface area (Å²) in [5.74, 6) is 2.42. The van der Waals surface area contributed by atoms with Crippen LogP contribution in [0.15, 0.2) is 22.7 Å². The zero-order valence-corrected chi connectivity index (χ0v) is 15.4. The van der Waals surface area contributed by atoms with Gasteiger partial charge in [-0.2, -0.15) is 0 Å². The molecule has 26 heavy (non-hydrogen) atoms. The van der Waals surface area contributed by atoms with Gasteiger partial charge in [0.1, 0.15) is 6.04 Å². The highest BCUT2D eigenvalue weighted by atomic mass is 16.5. The predicted octanol–water partition coefficient (Wildman–Crippen LogP) is 3.27. The SMILES string of the molecule is COc1cc2c(cc1OC)[C@H](c1cc(C)no1)N(C(=O)C1CCC1)CC2. The van der Waals surface area contributed by atoms with E-state index in [1.54, 1.807) is 14.2 Å². The lowest BCUT2D eigenvalue weighted by Crippen LogP contribution is -2.45. The van der Waals surface area contributed by atoms with E-state index >= 15 is 0 Å². The van der Waals surface area contributed by atoms with E-state index in [9.17, 15) is 4.79 Å². The van der Waals surface area contributed by atoms with Crippen molar-refractivity contribution in [2.24, 2.45) is 5.92 Å². The fourth-order valence-corrected chi connectivity index (χ4v) is 3.89. The first kappa shape index (κ1) is 16.9. The van der Waals surface area contributed by atoms with Gasteiger partial charge in [-0.3, -0.25) is 4.79 Å². The molecule has 1 fully saturated rings. The van der Waals surface area contributed by atoms with Crippen molar-refractivity contribution in [1.82, 2.24) is 10.1 Å². The fourth-order valence-electron chi connectivity index (χ4n) is 3.89. The van der Waals surface area contributed by atoms with E-state index < -0.39 is 0 Å². The largest absolute Gasteiger partial charge is 0.493 e. The van der Waals surface area contributed by atoms with Crippen LogP contribution >= 0.6 is 0 Å². The second-order valence-corrected chi connectivity index (χ2v) is 7.09. The van der Waals surface area contributed by atoms with Crippen LogP contribution in [0.25, 0.3) is 0 Å². The Labute approximate surface area is 153 Å². The molecule has 0 saturated heterocycles. The lowest BCUT2D eigenvalue weighted by Gasteiger charge is -2.40. The highest BCUT2D eigenvalue weighted by Crippen LogP contribution is 2.42. The normalized spacial score (nSPS) is 19.7. The summed E-state index contributed by atoms with van der Waals surface area (Å²) in [4.78, 5) is 15.0. The van der Waals surface area contributed by atoms with Crippen LogP contribution in [0.5, 0.6) is 11.5 Å². The van der Waals surface area contributed by atoms with Gasteiger partial charge in [0.15, 0.2) is 17.3 Å². The quantitative estimate of drug-likeness (QED) is 0.841. The lowest BCUT2D eigenvalue weighted by molar-refractivity contribution is -0.140. The molecule has 6 nitrogen and oxygen atoms in total. The van der Waals surface area contributed by atoms with Gasteiger partial charge in [0.05, 0.1) is 19.9 Å². The summed E-state index contributed by atoms with van der Waals surface area (Å²) in [6, 6.07) is 5.62. The van der Waals surface area contributed by atoms with Gasteiger partial charge < -0.3 is 18.9 Å². The highest BCUT2D eigenvalue weighted by molar-refractivity contribution is 5.81. The molecule has 1 aromatic carbocycles. The van der Waals surface area contributed by atoms with Gasteiger partial charge in [-0.25, -0.2) is 0 Å². The van der Waals surface area contributed by atoms with Crippen LogP contribution in [0.4, 0.5) is 0 Å². The van der Waals surface area contributed by atoms with Crippen molar-refractivity contribution in [3.8, 4) is 11.5 Å².